The Hall–Kier alpha value is -2.67. The summed E-state index contributed by atoms with van der Waals surface area (Å²) in [7, 11) is 0. The lowest BCUT2D eigenvalue weighted by Crippen LogP contribution is -2.27. The molecule has 1 aromatic heterocycles. The minimum Gasteiger partial charge on any atom is -0.493 e. The molecule has 0 bridgehead atoms. The van der Waals surface area contributed by atoms with E-state index in [4.69, 9.17) is 4.74 Å². The van der Waals surface area contributed by atoms with E-state index in [0.29, 0.717) is 13.0 Å². The molecular weight excluding hydrogens is 396 g/mol. The summed E-state index contributed by atoms with van der Waals surface area (Å²) in [5.41, 5.74) is 1.95. The minimum absolute atomic E-state index is 0.0483. The van der Waals surface area contributed by atoms with Gasteiger partial charge in [-0.3, -0.25) is 4.79 Å². The van der Waals surface area contributed by atoms with Crippen LogP contribution in [-0.4, -0.2) is 27.3 Å². The summed E-state index contributed by atoms with van der Waals surface area (Å²) >= 11 is 3.39. The van der Waals surface area contributed by atoms with E-state index >= 15 is 0 Å². The maximum Gasteiger partial charge on any atom is 0.223 e. The maximum atomic E-state index is 12.1. The fourth-order valence-corrected chi connectivity index (χ4v) is 2.85. The topological polar surface area (TPSA) is 69.0 Å². The van der Waals surface area contributed by atoms with E-state index in [1.165, 1.54) is 6.33 Å². The van der Waals surface area contributed by atoms with Crippen LogP contribution in [0.2, 0.25) is 0 Å². The zero-order valence-corrected chi connectivity index (χ0v) is 15.9. The molecule has 0 saturated carbocycles. The van der Waals surface area contributed by atoms with Crippen molar-refractivity contribution < 1.29 is 9.53 Å². The highest BCUT2D eigenvalue weighted by atomic mass is 79.9. The Kier molecular flexibility index (Phi) is 6.01. The second-order valence-electron chi connectivity index (χ2n) is 5.78. The quantitative estimate of drug-likeness (QED) is 0.639. The highest BCUT2D eigenvalue weighted by Gasteiger charge is 2.10. The first-order valence-corrected chi connectivity index (χ1v) is 9.04. The van der Waals surface area contributed by atoms with Crippen LogP contribution in [0.3, 0.4) is 0 Å². The van der Waals surface area contributed by atoms with Crippen LogP contribution in [0.5, 0.6) is 5.75 Å². The van der Waals surface area contributed by atoms with Crippen LogP contribution >= 0.6 is 15.9 Å². The molecule has 0 aliphatic heterocycles. The Morgan fingerprint density at radius 2 is 2.08 bits per heavy atom. The Balaban J connectivity index is 1.47. The number of nitrogens with one attached hydrogen (secondary N) is 1. The molecule has 134 valence electrons. The molecule has 6 nitrogen and oxygen atoms in total. The van der Waals surface area contributed by atoms with Crippen molar-refractivity contribution in [3.8, 4) is 11.4 Å². The lowest BCUT2D eigenvalue weighted by atomic mass is 10.1. The largest absolute Gasteiger partial charge is 0.493 e. The molecule has 1 amide bonds. The zero-order chi connectivity index (χ0) is 18.4. The van der Waals surface area contributed by atoms with Crippen molar-refractivity contribution in [1.29, 1.82) is 0 Å². The highest BCUT2D eigenvalue weighted by molar-refractivity contribution is 9.10. The van der Waals surface area contributed by atoms with E-state index in [1.807, 2.05) is 55.5 Å². The first-order chi connectivity index (χ1) is 12.6. The maximum absolute atomic E-state index is 12.1. The van der Waals surface area contributed by atoms with Gasteiger partial charge in [-0.15, -0.1) is 0 Å². The van der Waals surface area contributed by atoms with Gasteiger partial charge in [0.1, 0.15) is 18.4 Å². The zero-order valence-electron chi connectivity index (χ0n) is 14.3. The molecule has 1 heterocycles. The highest BCUT2D eigenvalue weighted by Crippen LogP contribution is 2.18. The number of rotatable bonds is 7. The van der Waals surface area contributed by atoms with Crippen LogP contribution < -0.4 is 10.1 Å². The Morgan fingerprint density at radius 1 is 1.27 bits per heavy atom. The SMILES string of the molecule is CC(NC(=O)CCOc1cccc(Br)c1)c1ccc(-n2cncn2)cc1. The molecule has 1 unspecified atom stereocenters. The van der Waals surface area contributed by atoms with Crippen molar-refractivity contribution in [3.05, 3.63) is 71.2 Å². The number of ether oxygens (including phenoxy) is 1. The van der Waals surface area contributed by atoms with E-state index in [0.717, 1.165) is 21.5 Å². The molecule has 1 N–H and O–H groups in total. The van der Waals surface area contributed by atoms with Crippen LogP contribution in [-0.2, 0) is 4.79 Å². The van der Waals surface area contributed by atoms with Gasteiger partial charge in [0.05, 0.1) is 24.8 Å². The van der Waals surface area contributed by atoms with Crippen molar-refractivity contribution >= 4 is 21.8 Å². The predicted molar refractivity (Wildman–Crippen MR) is 102 cm³/mol. The number of carbonyl (C=O) groups is 1. The summed E-state index contributed by atoms with van der Waals surface area (Å²) in [6.45, 7) is 2.29. The monoisotopic (exact) mass is 414 g/mol. The molecule has 0 radical (unpaired) electrons. The summed E-state index contributed by atoms with van der Waals surface area (Å²) < 4.78 is 8.23. The van der Waals surface area contributed by atoms with Gasteiger partial charge in [-0.25, -0.2) is 9.67 Å². The van der Waals surface area contributed by atoms with Crippen molar-refractivity contribution in [1.82, 2.24) is 20.1 Å². The molecular formula is C19H19BrN4O2. The molecule has 7 heteroatoms. The van der Waals surface area contributed by atoms with Gasteiger partial charge in [0.2, 0.25) is 5.91 Å². The smallest absolute Gasteiger partial charge is 0.223 e. The van der Waals surface area contributed by atoms with Gasteiger partial charge in [-0.1, -0.05) is 34.1 Å². The van der Waals surface area contributed by atoms with E-state index < -0.39 is 0 Å². The molecule has 0 saturated heterocycles. The van der Waals surface area contributed by atoms with Gasteiger partial charge < -0.3 is 10.1 Å². The third-order valence-electron chi connectivity index (χ3n) is 3.85. The van der Waals surface area contributed by atoms with Crippen LogP contribution in [0.4, 0.5) is 0 Å². The molecule has 0 aliphatic carbocycles. The van der Waals surface area contributed by atoms with E-state index in [1.54, 1.807) is 11.0 Å². The van der Waals surface area contributed by atoms with Crippen molar-refractivity contribution in [2.45, 2.75) is 19.4 Å². The normalized spacial score (nSPS) is 11.8. The summed E-state index contributed by atoms with van der Waals surface area (Å²) in [4.78, 5) is 16.0. The second-order valence-corrected chi connectivity index (χ2v) is 6.69. The number of benzene rings is 2. The minimum atomic E-state index is -0.0850. The van der Waals surface area contributed by atoms with E-state index in [2.05, 4.69) is 31.3 Å². The van der Waals surface area contributed by atoms with Gasteiger partial charge >= 0.3 is 0 Å². The van der Waals surface area contributed by atoms with Crippen molar-refractivity contribution in [2.75, 3.05) is 6.61 Å². The third-order valence-corrected chi connectivity index (χ3v) is 4.34. The van der Waals surface area contributed by atoms with E-state index in [-0.39, 0.29) is 11.9 Å². The molecule has 2 aromatic carbocycles. The summed E-state index contributed by atoms with van der Waals surface area (Å²) in [6, 6.07) is 15.3. The average molecular weight is 415 g/mol. The fourth-order valence-electron chi connectivity index (χ4n) is 2.47. The summed E-state index contributed by atoms with van der Waals surface area (Å²) in [6.07, 6.45) is 3.44. The molecule has 0 aliphatic rings. The summed E-state index contributed by atoms with van der Waals surface area (Å²) in [5, 5.41) is 7.08. The molecule has 3 rings (SSSR count). The van der Waals surface area contributed by atoms with Gasteiger partial charge in [0, 0.05) is 4.47 Å². The van der Waals surface area contributed by atoms with Crippen LogP contribution in [0.25, 0.3) is 5.69 Å². The number of amides is 1. The predicted octanol–water partition coefficient (Wildman–Crippen LogP) is 3.68. The van der Waals surface area contributed by atoms with Gasteiger partial charge in [-0.05, 0) is 42.8 Å². The van der Waals surface area contributed by atoms with Crippen molar-refractivity contribution in [3.63, 3.8) is 0 Å². The van der Waals surface area contributed by atoms with Gasteiger partial charge in [0.25, 0.3) is 0 Å². The molecule has 0 spiro atoms. The molecule has 3 aromatic rings. The van der Waals surface area contributed by atoms with E-state index in [9.17, 15) is 4.79 Å². The number of hydrogen-bond donors (Lipinski definition) is 1. The van der Waals surface area contributed by atoms with Crippen LogP contribution in [0.15, 0.2) is 65.7 Å². The Bertz CT molecular complexity index is 850. The van der Waals surface area contributed by atoms with Gasteiger partial charge in [-0.2, -0.15) is 5.10 Å². The number of aromatic nitrogens is 3. The fraction of sp³-hybridized carbons (Fsp3) is 0.211. The lowest BCUT2D eigenvalue weighted by Gasteiger charge is -2.15. The molecule has 26 heavy (non-hydrogen) atoms. The number of halogens is 1. The lowest BCUT2D eigenvalue weighted by molar-refractivity contribution is -0.122. The first-order valence-electron chi connectivity index (χ1n) is 8.24. The average Bonchev–Trinajstić information content (AvgIpc) is 3.16. The Morgan fingerprint density at radius 3 is 2.77 bits per heavy atom. The standard InChI is InChI=1S/C19H19BrN4O2/c1-14(15-5-7-17(8-6-15)24-13-21-12-22-24)23-19(25)9-10-26-18-4-2-3-16(20)11-18/h2-8,11-14H,9-10H2,1H3,(H,23,25). The van der Waals surface area contributed by atoms with Crippen LogP contribution in [0.1, 0.15) is 24.9 Å². The summed E-state index contributed by atoms with van der Waals surface area (Å²) in [5.74, 6) is 0.691. The molecule has 1 atom stereocenters. The second kappa shape index (κ2) is 8.62. The number of hydrogen-bond acceptors (Lipinski definition) is 4. The first kappa shape index (κ1) is 18.1. The third kappa shape index (κ3) is 4.92. The molecule has 0 fully saturated rings. The van der Waals surface area contributed by atoms with Crippen LogP contribution in [0, 0.1) is 0 Å². The van der Waals surface area contributed by atoms with Gasteiger partial charge in [0.15, 0.2) is 0 Å². The Labute approximate surface area is 160 Å². The van der Waals surface area contributed by atoms with Crippen molar-refractivity contribution in [2.24, 2.45) is 0 Å². The number of nitrogens with zero attached hydrogens (tertiary/aromatic N) is 3. The number of carbonyl (C=O) groups excluding carboxylic acids is 1.